The maximum Gasteiger partial charge on any atom is 0.242 e. The molecule has 1 atom stereocenters. The van der Waals surface area contributed by atoms with Crippen molar-refractivity contribution in [1.82, 2.24) is 4.72 Å². The van der Waals surface area contributed by atoms with Crippen LogP contribution < -0.4 is 10.0 Å². The smallest absolute Gasteiger partial charge is 0.242 e. The molecule has 0 fully saturated rings. The van der Waals surface area contributed by atoms with Gasteiger partial charge < -0.3 is 5.32 Å². The summed E-state index contributed by atoms with van der Waals surface area (Å²) in [5.41, 5.74) is 1.34. The molecule has 30 heavy (non-hydrogen) atoms. The fraction of sp³-hybridized carbons (Fsp3) is 0.0952. The molecule has 0 saturated carbocycles. The molecule has 0 bridgehead atoms. The molecular formula is C21H17BrCl2N2O3S. The van der Waals surface area contributed by atoms with Crippen molar-refractivity contribution in [3.05, 3.63) is 92.9 Å². The Morgan fingerprint density at radius 1 is 0.967 bits per heavy atom. The van der Waals surface area contributed by atoms with Gasteiger partial charge in [0.2, 0.25) is 15.9 Å². The predicted octanol–water partition coefficient (Wildman–Crippen LogP) is 5.28. The van der Waals surface area contributed by atoms with Crippen molar-refractivity contribution >= 4 is 60.7 Å². The van der Waals surface area contributed by atoms with Gasteiger partial charge in [0.25, 0.3) is 0 Å². The lowest BCUT2D eigenvalue weighted by Gasteiger charge is -2.19. The van der Waals surface area contributed by atoms with Crippen LogP contribution in [0.3, 0.4) is 0 Å². The van der Waals surface area contributed by atoms with Gasteiger partial charge in [0, 0.05) is 15.2 Å². The highest BCUT2D eigenvalue weighted by Gasteiger charge is 2.28. The zero-order chi connectivity index (χ0) is 21.7. The second-order valence-electron chi connectivity index (χ2n) is 6.43. The first-order valence-corrected chi connectivity index (χ1v) is 11.9. The van der Waals surface area contributed by atoms with Gasteiger partial charge in [-0.25, -0.2) is 8.42 Å². The number of hydrogen-bond donors (Lipinski definition) is 2. The Bertz CT molecular complexity index is 1140. The number of halogens is 3. The van der Waals surface area contributed by atoms with E-state index in [1.807, 2.05) is 30.3 Å². The van der Waals surface area contributed by atoms with Gasteiger partial charge in [0.1, 0.15) is 10.9 Å². The highest BCUT2D eigenvalue weighted by Crippen LogP contribution is 2.25. The first kappa shape index (κ1) is 22.8. The van der Waals surface area contributed by atoms with Crippen molar-refractivity contribution in [2.75, 3.05) is 5.32 Å². The molecule has 156 valence electrons. The maximum absolute atomic E-state index is 13.0. The van der Waals surface area contributed by atoms with Crippen LogP contribution in [0.5, 0.6) is 0 Å². The Labute approximate surface area is 193 Å². The molecule has 2 N–H and O–H groups in total. The average molecular weight is 528 g/mol. The molecule has 0 heterocycles. The first-order chi connectivity index (χ1) is 14.2. The first-order valence-electron chi connectivity index (χ1n) is 8.82. The normalized spacial score (nSPS) is 12.4. The number of sulfonamides is 1. The lowest BCUT2D eigenvalue weighted by atomic mass is 10.1. The number of nitrogens with one attached hydrogen (secondary N) is 2. The highest BCUT2D eigenvalue weighted by molar-refractivity contribution is 9.10. The molecule has 9 heteroatoms. The fourth-order valence-electron chi connectivity index (χ4n) is 2.73. The Morgan fingerprint density at radius 3 is 2.30 bits per heavy atom. The van der Waals surface area contributed by atoms with Crippen molar-refractivity contribution in [3.8, 4) is 0 Å². The third-order valence-electron chi connectivity index (χ3n) is 4.19. The number of anilines is 1. The van der Waals surface area contributed by atoms with E-state index < -0.39 is 22.0 Å². The molecule has 5 nitrogen and oxygen atoms in total. The summed E-state index contributed by atoms with van der Waals surface area (Å²) in [6, 6.07) is 19.2. The molecule has 0 spiro atoms. The lowest BCUT2D eigenvalue weighted by Crippen LogP contribution is -2.45. The summed E-state index contributed by atoms with van der Waals surface area (Å²) in [6.07, 6.45) is 0.153. The molecule has 3 rings (SSSR count). The molecular weight excluding hydrogens is 511 g/mol. The molecule has 0 aliphatic rings. The van der Waals surface area contributed by atoms with Gasteiger partial charge in [-0.1, -0.05) is 69.5 Å². The van der Waals surface area contributed by atoms with Gasteiger partial charge in [-0.3, -0.25) is 4.79 Å². The number of amides is 1. The van der Waals surface area contributed by atoms with Crippen LogP contribution in [0.1, 0.15) is 5.56 Å². The van der Waals surface area contributed by atoms with E-state index in [2.05, 4.69) is 26.0 Å². The van der Waals surface area contributed by atoms with Gasteiger partial charge in [-0.2, -0.15) is 4.72 Å². The summed E-state index contributed by atoms with van der Waals surface area (Å²) in [5.74, 6) is -0.497. The molecule has 1 amide bonds. The molecule has 0 saturated heterocycles. The Hall–Kier alpha value is -1.90. The van der Waals surface area contributed by atoms with Crippen molar-refractivity contribution in [2.45, 2.75) is 17.4 Å². The summed E-state index contributed by atoms with van der Waals surface area (Å²) in [4.78, 5) is 12.8. The molecule has 3 aromatic rings. The van der Waals surface area contributed by atoms with Gasteiger partial charge in [-0.15, -0.1) is 0 Å². The topological polar surface area (TPSA) is 75.3 Å². The molecule has 0 aliphatic heterocycles. The number of rotatable bonds is 7. The largest absolute Gasteiger partial charge is 0.325 e. The Morgan fingerprint density at radius 2 is 1.63 bits per heavy atom. The van der Waals surface area contributed by atoms with Gasteiger partial charge >= 0.3 is 0 Å². The number of carbonyl (C=O) groups is 1. The van der Waals surface area contributed by atoms with Gasteiger partial charge in [0.15, 0.2) is 0 Å². The van der Waals surface area contributed by atoms with Crippen molar-refractivity contribution < 1.29 is 13.2 Å². The minimum atomic E-state index is -4.11. The Kier molecular flexibility index (Phi) is 7.55. The van der Waals surface area contributed by atoms with Crippen LogP contribution in [0, 0.1) is 0 Å². The third-order valence-corrected chi connectivity index (χ3v) is 6.91. The molecule has 3 aromatic carbocycles. The van der Waals surface area contributed by atoms with Crippen LogP contribution in [0.15, 0.2) is 82.2 Å². The van der Waals surface area contributed by atoms with Gasteiger partial charge in [-0.05, 0) is 54.4 Å². The minimum Gasteiger partial charge on any atom is -0.325 e. The summed E-state index contributed by atoms with van der Waals surface area (Å²) < 4.78 is 29.3. The quantitative estimate of drug-likeness (QED) is 0.438. The van der Waals surface area contributed by atoms with Crippen LogP contribution >= 0.6 is 39.1 Å². The average Bonchev–Trinajstić information content (AvgIpc) is 2.71. The molecule has 0 radical (unpaired) electrons. The van der Waals surface area contributed by atoms with E-state index >= 15 is 0 Å². The fourth-order valence-corrected chi connectivity index (χ4v) is 4.96. The summed E-state index contributed by atoms with van der Waals surface area (Å²) in [6.45, 7) is 0. The number of carbonyl (C=O) groups excluding carboxylic acids is 1. The van der Waals surface area contributed by atoms with E-state index in [9.17, 15) is 13.2 Å². The molecule has 0 aromatic heterocycles. The molecule has 0 aliphatic carbocycles. The van der Waals surface area contributed by atoms with E-state index in [0.717, 1.165) is 10.0 Å². The second-order valence-corrected chi connectivity index (χ2v) is 9.88. The van der Waals surface area contributed by atoms with E-state index in [0.29, 0.717) is 5.69 Å². The monoisotopic (exact) mass is 526 g/mol. The van der Waals surface area contributed by atoms with Crippen LogP contribution in [0.25, 0.3) is 0 Å². The number of hydrogen-bond acceptors (Lipinski definition) is 3. The third kappa shape index (κ3) is 6.06. The van der Waals surface area contributed by atoms with Gasteiger partial charge in [0.05, 0.1) is 5.02 Å². The number of benzene rings is 3. The van der Waals surface area contributed by atoms with Crippen molar-refractivity contribution in [3.63, 3.8) is 0 Å². The van der Waals surface area contributed by atoms with Crippen molar-refractivity contribution in [1.29, 1.82) is 0 Å². The Balaban J connectivity index is 1.89. The summed E-state index contributed by atoms with van der Waals surface area (Å²) >= 11 is 15.3. The van der Waals surface area contributed by atoms with E-state index in [1.165, 1.54) is 18.2 Å². The second kappa shape index (κ2) is 9.94. The SMILES string of the molecule is O=C(Nc1ccc(Br)cc1)[C@H](Cc1ccccc1)NS(=O)(=O)c1cc(Cl)ccc1Cl. The minimum absolute atomic E-state index is 0.0127. The summed E-state index contributed by atoms with van der Waals surface area (Å²) in [5, 5.41) is 2.98. The maximum atomic E-state index is 13.0. The van der Waals surface area contributed by atoms with Crippen LogP contribution in [0.2, 0.25) is 10.0 Å². The summed E-state index contributed by atoms with van der Waals surface area (Å²) in [7, 11) is -4.11. The lowest BCUT2D eigenvalue weighted by molar-refractivity contribution is -0.117. The zero-order valence-electron chi connectivity index (χ0n) is 15.5. The van der Waals surface area contributed by atoms with Crippen molar-refractivity contribution in [2.24, 2.45) is 0 Å². The van der Waals surface area contributed by atoms with Crippen LogP contribution in [0.4, 0.5) is 5.69 Å². The van der Waals surface area contributed by atoms with E-state index in [1.54, 1.807) is 24.3 Å². The zero-order valence-corrected chi connectivity index (χ0v) is 19.4. The van der Waals surface area contributed by atoms with Crippen LogP contribution in [-0.2, 0) is 21.2 Å². The van der Waals surface area contributed by atoms with E-state index in [-0.39, 0.29) is 21.4 Å². The predicted molar refractivity (Wildman–Crippen MR) is 123 cm³/mol. The standard InChI is InChI=1S/C21H17BrCl2N2O3S/c22-15-6-9-17(10-7-15)25-21(27)19(12-14-4-2-1-3-5-14)26-30(28,29)20-13-16(23)8-11-18(20)24/h1-11,13,19,26H,12H2,(H,25,27)/t19-/m0/s1. The van der Waals surface area contributed by atoms with E-state index in [4.69, 9.17) is 23.2 Å². The van der Waals surface area contributed by atoms with Crippen LogP contribution in [-0.4, -0.2) is 20.4 Å². The molecule has 0 unspecified atom stereocenters. The highest BCUT2D eigenvalue weighted by atomic mass is 79.9.